The van der Waals surface area contributed by atoms with Crippen molar-refractivity contribution in [3.63, 3.8) is 0 Å². The van der Waals surface area contributed by atoms with Crippen molar-refractivity contribution in [3.05, 3.63) is 21.9 Å². The van der Waals surface area contributed by atoms with Gasteiger partial charge in [0.25, 0.3) is 0 Å². The van der Waals surface area contributed by atoms with E-state index in [0.717, 1.165) is 19.3 Å². The van der Waals surface area contributed by atoms with Crippen LogP contribution in [-0.4, -0.2) is 17.8 Å². The summed E-state index contributed by atoms with van der Waals surface area (Å²) in [5, 5.41) is 3.02. The number of aryl methyl sites for hydroxylation is 1. The number of carbonyl (C=O) groups excluding carboxylic acids is 1. The van der Waals surface area contributed by atoms with E-state index < -0.39 is 0 Å². The van der Waals surface area contributed by atoms with Crippen LogP contribution < -0.4 is 5.32 Å². The van der Waals surface area contributed by atoms with Gasteiger partial charge < -0.3 is 5.32 Å². The number of hydrogen-bond donors (Lipinski definition) is 1. The highest BCUT2D eigenvalue weighted by Gasteiger charge is 2.08. The second-order valence-corrected chi connectivity index (χ2v) is 6.08. The van der Waals surface area contributed by atoms with Crippen molar-refractivity contribution in [2.45, 2.75) is 45.6 Å². The van der Waals surface area contributed by atoms with Crippen molar-refractivity contribution < 1.29 is 4.79 Å². The fourth-order valence-electron chi connectivity index (χ4n) is 1.67. The molecule has 2 nitrogen and oxygen atoms in total. The van der Waals surface area contributed by atoms with E-state index in [1.54, 1.807) is 11.3 Å². The maximum absolute atomic E-state index is 11.6. The largest absolute Gasteiger partial charge is 0.353 e. The van der Waals surface area contributed by atoms with Crippen LogP contribution in [0.1, 0.15) is 35.9 Å². The van der Waals surface area contributed by atoms with Gasteiger partial charge in [-0.3, -0.25) is 4.79 Å². The van der Waals surface area contributed by atoms with E-state index in [2.05, 4.69) is 31.3 Å². The molecule has 0 bridgehead atoms. The van der Waals surface area contributed by atoms with E-state index in [-0.39, 0.29) is 11.9 Å². The maximum atomic E-state index is 11.6. The van der Waals surface area contributed by atoms with Crippen LogP contribution in [0.5, 0.6) is 0 Å². The Morgan fingerprint density at radius 1 is 1.47 bits per heavy atom. The van der Waals surface area contributed by atoms with Crippen molar-refractivity contribution >= 4 is 28.8 Å². The molecular formula is C13H20ClNOS. The van der Waals surface area contributed by atoms with Gasteiger partial charge in [-0.15, -0.1) is 22.9 Å². The average molecular weight is 274 g/mol. The zero-order valence-corrected chi connectivity index (χ0v) is 12.0. The zero-order chi connectivity index (χ0) is 12.7. The van der Waals surface area contributed by atoms with Crippen LogP contribution in [0.2, 0.25) is 0 Å². The second-order valence-electron chi connectivity index (χ2n) is 4.33. The minimum absolute atomic E-state index is 0.135. The Morgan fingerprint density at radius 3 is 2.82 bits per heavy atom. The first-order chi connectivity index (χ1) is 8.11. The zero-order valence-electron chi connectivity index (χ0n) is 10.5. The lowest BCUT2D eigenvalue weighted by Crippen LogP contribution is -2.33. The van der Waals surface area contributed by atoms with Gasteiger partial charge in [-0.25, -0.2) is 0 Å². The molecule has 1 amide bonds. The third kappa shape index (κ3) is 6.08. The summed E-state index contributed by atoms with van der Waals surface area (Å²) in [6.07, 6.45) is 3.29. The molecule has 1 N–H and O–H groups in total. The van der Waals surface area contributed by atoms with E-state index >= 15 is 0 Å². The molecule has 0 aromatic carbocycles. The summed E-state index contributed by atoms with van der Waals surface area (Å²) in [6.45, 7) is 4.15. The Kier molecular flexibility index (Phi) is 6.60. The van der Waals surface area contributed by atoms with Crippen LogP contribution in [-0.2, 0) is 11.2 Å². The molecule has 0 aliphatic heterocycles. The molecule has 96 valence electrons. The summed E-state index contributed by atoms with van der Waals surface area (Å²) in [5.41, 5.74) is 0. The third-order valence-electron chi connectivity index (χ3n) is 2.50. The first kappa shape index (κ1) is 14.5. The standard InChI is InChI=1S/C13H20ClNOS/c1-10(9-12-7-6-11(2)17-12)15-13(16)5-3-4-8-14/h6-7,10H,3-5,8-9H2,1-2H3,(H,15,16). The van der Waals surface area contributed by atoms with Crippen molar-refractivity contribution in [2.75, 3.05) is 5.88 Å². The highest BCUT2D eigenvalue weighted by atomic mass is 35.5. The van der Waals surface area contributed by atoms with Gasteiger partial charge in [0.1, 0.15) is 0 Å². The average Bonchev–Trinajstić information content (AvgIpc) is 2.64. The second kappa shape index (κ2) is 7.72. The van der Waals surface area contributed by atoms with Crippen LogP contribution in [0.4, 0.5) is 0 Å². The van der Waals surface area contributed by atoms with Gasteiger partial charge in [0.15, 0.2) is 0 Å². The molecule has 0 saturated carbocycles. The van der Waals surface area contributed by atoms with Gasteiger partial charge in [-0.1, -0.05) is 0 Å². The topological polar surface area (TPSA) is 29.1 Å². The summed E-state index contributed by atoms with van der Waals surface area (Å²) in [7, 11) is 0. The third-order valence-corrected chi connectivity index (χ3v) is 3.79. The van der Waals surface area contributed by atoms with Crippen molar-refractivity contribution in [1.82, 2.24) is 5.32 Å². The number of unbranched alkanes of at least 4 members (excludes halogenated alkanes) is 1. The number of alkyl halides is 1. The number of carbonyl (C=O) groups is 1. The summed E-state index contributed by atoms with van der Waals surface area (Å²) in [4.78, 5) is 14.2. The highest BCUT2D eigenvalue weighted by molar-refractivity contribution is 7.11. The van der Waals surface area contributed by atoms with E-state index in [9.17, 15) is 4.79 Å². The van der Waals surface area contributed by atoms with Crippen LogP contribution in [0.3, 0.4) is 0 Å². The molecule has 0 fully saturated rings. The van der Waals surface area contributed by atoms with Crippen LogP contribution in [0.25, 0.3) is 0 Å². The molecule has 0 saturated heterocycles. The molecule has 0 spiro atoms. The molecular weight excluding hydrogens is 254 g/mol. The monoisotopic (exact) mass is 273 g/mol. The van der Waals surface area contributed by atoms with Crippen LogP contribution in [0, 0.1) is 6.92 Å². The number of rotatable bonds is 7. The van der Waals surface area contributed by atoms with Crippen molar-refractivity contribution in [3.8, 4) is 0 Å². The molecule has 4 heteroatoms. The smallest absolute Gasteiger partial charge is 0.220 e. The fraction of sp³-hybridized carbons (Fsp3) is 0.615. The first-order valence-corrected chi connectivity index (χ1v) is 7.37. The van der Waals surface area contributed by atoms with Crippen molar-refractivity contribution in [1.29, 1.82) is 0 Å². The highest BCUT2D eigenvalue weighted by Crippen LogP contribution is 2.16. The van der Waals surface area contributed by atoms with Gasteiger partial charge in [-0.05, 0) is 38.8 Å². The number of thiophene rings is 1. The Labute approximate surface area is 112 Å². The van der Waals surface area contributed by atoms with Crippen LogP contribution >= 0.6 is 22.9 Å². The Hall–Kier alpha value is -0.540. The van der Waals surface area contributed by atoms with Crippen LogP contribution in [0.15, 0.2) is 12.1 Å². The molecule has 1 heterocycles. The Bertz CT molecular complexity index is 351. The molecule has 17 heavy (non-hydrogen) atoms. The van der Waals surface area contributed by atoms with E-state index in [0.29, 0.717) is 12.3 Å². The molecule has 1 atom stereocenters. The summed E-state index contributed by atoms with van der Waals surface area (Å²) in [5.74, 6) is 0.771. The summed E-state index contributed by atoms with van der Waals surface area (Å²) >= 11 is 7.37. The quantitative estimate of drug-likeness (QED) is 0.598. The number of halogens is 1. The number of amides is 1. The lowest BCUT2D eigenvalue weighted by molar-refractivity contribution is -0.121. The van der Waals surface area contributed by atoms with Gasteiger partial charge in [0, 0.05) is 34.5 Å². The van der Waals surface area contributed by atoms with Gasteiger partial charge in [0.05, 0.1) is 0 Å². The molecule has 1 unspecified atom stereocenters. The number of nitrogens with one attached hydrogen (secondary N) is 1. The normalized spacial score (nSPS) is 12.4. The van der Waals surface area contributed by atoms with E-state index in [1.807, 2.05) is 0 Å². The minimum atomic E-state index is 0.135. The molecule has 0 aliphatic rings. The predicted molar refractivity (Wildman–Crippen MR) is 74.9 cm³/mol. The molecule has 1 aromatic rings. The van der Waals surface area contributed by atoms with Gasteiger partial charge in [-0.2, -0.15) is 0 Å². The minimum Gasteiger partial charge on any atom is -0.353 e. The van der Waals surface area contributed by atoms with Gasteiger partial charge >= 0.3 is 0 Å². The fourth-order valence-corrected chi connectivity index (χ4v) is 2.88. The lowest BCUT2D eigenvalue weighted by Gasteiger charge is -2.12. The SMILES string of the molecule is Cc1ccc(CC(C)NC(=O)CCCCCl)s1. The van der Waals surface area contributed by atoms with Crippen molar-refractivity contribution in [2.24, 2.45) is 0 Å². The maximum Gasteiger partial charge on any atom is 0.220 e. The van der Waals surface area contributed by atoms with E-state index in [4.69, 9.17) is 11.6 Å². The van der Waals surface area contributed by atoms with Gasteiger partial charge in [0.2, 0.25) is 5.91 Å². The number of hydrogen-bond acceptors (Lipinski definition) is 2. The first-order valence-electron chi connectivity index (χ1n) is 6.02. The Balaban J connectivity index is 2.24. The predicted octanol–water partition coefficient (Wildman–Crippen LogP) is 3.51. The van der Waals surface area contributed by atoms with E-state index in [1.165, 1.54) is 9.75 Å². The summed E-state index contributed by atoms with van der Waals surface area (Å²) in [6, 6.07) is 4.46. The molecule has 1 aromatic heterocycles. The lowest BCUT2D eigenvalue weighted by atomic mass is 10.2. The summed E-state index contributed by atoms with van der Waals surface area (Å²) < 4.78 is 0. The molecule has 0 radical (unpaired) electrons. The molecule has 1 rings (SSSR count). The molecule has 0 aliphatic carbocycles. The Morgan fingerprint density at radius 2 is 2.24 bits per heavy atom.